The minimum absolute atomic E-state index is 0.731. The smallest absolute Gasteiger partial charge is 0.156 e. The highest BCUT2D eigenvalue weighted by Gasteiger charge is 2.20. The van der Waals surface area contributed by atoms with Crippen molar-refractivity contribution < 1.29 is 0 Å². The summed E-state index contributed by atoms with van der Waals surface area (Å²) < 4.78 is 2.61. The summed E-state index contributed by atoms with van der Waals surface area (Å²) in [5.74, 6) is 0. The minimum Gasteiger partial charge on any atom is -0.310 e. The molecule has 1 aromatic carbocycles. The third-order valence-corrected chi connectivity index (χ3v) is 4.05. The molecule has 5 heteroatoms. The summed E-state index contributed by atoms with van der Waals surface area (Å²) in [7, 11) is 1.92. The molecule has 1 aliphatic carbocycles. The molecule has 1 aromatic heterocycles. The molecule has 0 spiro atoms. The third-order valence-electron chi connectivity index (χ3n) is 3.52. The second-order valence-corrected chi connectivity index (χ2v) is 5.91. The van der Waals surface area contributed by atoms with Gasteiger partial charge in [0, 0.05) is 25.2 Å². The van der Waals surface area contributed by atoms with Gasteiger partial charge < -0.3 is 5.32 Å². The normalized spacial score (nSPS) is 14.9. The lowest BCUT2D eigenvalue weighted by molar-refractivity contribution is 0.687. The van der Waals surface area contributed by atoms with E-state index >= 15 is 0 Å². The van der Waals surface area contributed by atoms with Crippen LogP contribution in [-0.2, 0) is 13.6 Å². The number of nitrogens with zero attached hydrogens (tertiary/aromatic N) is 3. The Balaban J connectivity index is 1.93. The Bertz CT molecular complexity index is 582. The summed E-state index contributed by atoms with van der Waals surface area (Å²) in [6.45, 7) is 3.05. The molecular weight excluding hydrogens is 304 g/mol. The predicted molar refractivity (Wildman–Crippen MR) is 78.7 cm³/mol. The number of hydrogen-bond acceptors (Lipinski definition) is 3. The lowest BCUT2D eigenvalue weighted by Gasteiger charge is -2.10. The highest BCUT2D eigenvalue weighted by molar-refractivity contribution is 9.10. The van der Waals surface area contributed by atoms with Crippen LogP contribution in [-0.4, -0.2) is 21.0 Å². The number of benzene rings is 1. The fraction of sp³-hybridized carbons (Fsp3) is 0.429. The Morgan fingerprint density at radius 1 is 1.42 bits per heavy atom. The summed E-state index contributed by atoms with van der Waals surface area (Å²) in [5, 5.41) is 11.7. The fourth-order valence-electron chi connectivity index (χ4n) is 2.20. The van der Waals surface area contributed by atoms with Gasteiger partial charge in [0.1, 0.15) is 5.69 Å². The molecule has 0 unspecified atom stereocenters. The third kappa shape index (κ3) is 2.72. The molecule has 1 N–H and O–H groups in total. The van der Waals surface area contributed by atoms with Crippen LogP contribution in [0.1, 0.15) is 24.0 Å². The van der Waals surface area contributed by atoms with Gasteiger partial charge in [-0.05, 0) is 52.9 Å². The second kappa shape index (κ2) is 5.06. The zero-order chi connectivity index (χ0) is 13.4. The van der Waals surface area contributed by atoms with E-state index in [0.717, 1.165) is 22.9 Å². The molecule has 1 heterocycles. The van der Waals surface area contributed by atoms with E-state index in [-0.39, 0.29) is 0 Å². The quantitative estimate of drug-likeness (QED) is 0.942. The molecule has 1 fully saturated rings. The van der Waals surface area contributed by atoms with Crippen molar-refractivity contribution in [3.05, 3.63) is 33.9 Å². The first-order valence-corrected chi connectivity index (χ1v) is 7.33. The zero-order valence-electron chi connectivity index (χ0n) is 11.2. The fourth-order valence-corrected chi connectivity index (χ4v) is 2.74. The van der Waals surface area contributed by atoms with Gasteiger partial charge in [0.05, 0.1) is 0 Å². The average Bonchev–Trinajstić information content (AvgIpc) is 3.16. The van der Waals surface area contributed by atoms with Gasteiger partial charge >= 0.3 is 0 Å². The van der Waals surface area contributed by atoms with E-state index < -0.39 is 0 Å². The van der Waals surface area contributed by atoms with Gasteiger partial charge in [0.2, 0.25) is 0 Å². The van der Waals surface area contributed by atoms with Crippen LogP contribution in [0.15, 0.2) is 22.8 Å². The number of aromatic nitrogens is 3. The van der Waals surface area contributed by atoms with E-state index in [9.17, 15) is 0 Å². The molecule has 0 amide bonds. The van der Waals surface area contributed by atoms with Crippen LogP contribution in [0.25, 0.3) is 11.3 Å². The van der Waals surface area contributed by atoms with Crippen molar-refractivity contribution in [2.75, 3.05) is 0 Å². The molecular formula is C14H17BrN4. The van der Waals surface area contributed by atoms with Gasteiger partial charge in [-0.3, -0.25) is 0 Å². The molecule has 3 rings (SSSR count). The van der Waals surface area contributed by atoms with Crippen LogP contribution >= 0.6 is 15.9 Å². The first-order valence-electron chi connectivity index (χ1n) is 6.53. The Morgan fingerprint density at radius 2 is 2.21 bits per heavy atom. The molecule has 100 valence electrons. The Hall–Kier alpha value is -1.20. The summed E-state index contributed by atoms with van der Waals surface area (Å²) >= 11 is 3.47. The van der Waals surface area contributed by atoms with Crippen LogP contribution in [0.5, 0.6) is 0 Å². The van der Waals surface area contributed by atoms with E-state index in [1.165, 1.54) is 29.5 Å². The van der Waals surface area contributed by atoms with Crippen LogP contribution in [0.4, 0.5) is 0 Å². The lowest BCUT2D eigenvalue weighted by atomic mass is 10.0. The van der Waals surface area contributed by atoms with Crippen molar-refractivity contribution in [1.82, 2.24) is 20.3 Å². The maximum atomic E-state index is 4.06. The SMILES string of the molecule is Cc1ccc(CNC2CC2)cc1-c1c(Br)nnn1C. The number of hydrogen-bond donors (Lipinski definition) is 1. The van der Waals surface area contributed by atoms with Crippen molar-refractivity contribution in [3.63, 3.8) is 0 Å². The monoisotopic (exact) mass is 320 g/mol. The van der Waals surface area contributed by atoms with Crippen molar-refractivity contribution in [2.24, 2.45) is 7.05 Å². The first kappa shape index (κ1) is 12.8. The van der Waals surface area contributed by atoms with E-state index in [1.54, 1.807) is 0 Å². The van der Waals surface area contributed by atoms with Gasteiger partial charge in [-0.15, -0.1) is 5.10 Å². The molecule has 1 aliphatic rings. The van der Waals surface area contributed by atoms with Gasteiger partial charge in [0.15, 0.2) is 4.60 Å². The van der Waals surface area contributed by atoms with E-state index in [0.29, 0.717) is 0 Å². The van der Waals surface area contributed by atoms with Crippen LogP contribution in [0.2, 0.25) is 0 Å². The van der Waals surface area contributed by atoms with Crippen molar-refractivity contribution in [1.29, 1.82) is 0 Å². The lowest BCUT2D eigenvalue weighted by Crippen LogP contribution is -2.15. The first-order chi connectivity index (χ1) is 9.15. The number of aryl methyl sites for hydroxylation is 2. The van der Waals surface area contributed by atoms with Crippen LogP contribution in [0.3, 0.4) is 0 Å². The van der Waals surface area contributed by atoms with Crippen molar-refractivity contribution in [3.8, 4) is 11.3 Å². The molecule has 19 heavy (non-hydrogen) atoms. The molecule has 4 nitrogen and oxygen atoms in total. The second-order valence-electron chi connectivity index (χ2n) is 5.16. The molecule has 2 aromatic rings. The molecule has 0 saturated heterocycles. The van der Waals surface area contributed by atoms with Gasteiger partial charge in [-0.1, -0.05) is 17.3 Å². The molecule has 1 saturated carbocycles. The van der Waals surface area contributed by atoms with Gasteiger partial charge in [-0.2, -0.15) is 0 Å². The number of nitrogens with one attached hydrogen (secondary N) is 1. The highest BCUT2D eigenvalue weighted by Crippen LogP contribution is 2.29. The summed E-state index contributed by atoms with van der Waals surface area (Å²) in [4.78, 5) is 0. The van der Waals surface area contributed by atoms with Gasteiger partial charge in [0.25, 0.3) is 0 Å². The Morgan fingerprint density at radius 3 is 2.84 bits per heavy atom. The molecule has 0 atom stereocenters. The standard InChI is InChI=1S/C14H17BrN4/c1-9-3-4-10(8-16-11-5-6-11)7-12(9)13-14(15)17-18-19(13)2/h3-4,7,11,16H,5-6,8H2,1-2H3. The average molecular weight is 321 g/mol. The van der Waals surface area contributed by atoms with Gasteiger partial charge in [-0.25, -0.2) is 4.68 Å². The highest BCUT2D eigenvalue weighted by atomic mass is 79.9. The maximum absolute atomic E-state index is 4.06. The largest absolute Gasteiger partial charge is 0.310 e. The number of rotatable bonds is 4. The van der Waals surface area contributed by atoms with Crippen LogP contribution in [0, 0.1) is 6.92 Å². The van der Waals surface area contributed by atoms with E-state index in [4.69, 9.17) is 0 Å². The van der Waals surface area contributed by atoms with Crippen molar-refractivity contribution in [2.45, 2.75) is 32.4 Å². The van der Waals surface area contributed by atoms with E-state index in [2.05, 4.69) is 56.7 Å². The topological polar surface area (TPSA) is 42.7 Å². The molecule has 0 bridgehead atoms. The van der Waals surface area contributed by atoms with Crippen molar-refractivity contribution >= 4 is 15.9 Å². The zero-order valence-corrected chi connectivity index (χ0v) is 12.7. The summed E-state index contributed by atoms with van der Waals surface area (Å²) in [6, 6.07) is 7.31. The maximum Gasteiger partial charge on any atom is 0.156 e. The van der Waals surface area contributed by atoms with Crippen LogP contribution < -0.4 is 5.32 Å². The molecule has 0 radical (unpaired) electrons. The minimum atomic E-state index is 0.731. The Kier molecular flexibility index (Phi) is 3.41. The predicted octanol–water partition coefficient (Wildman–Crippen LogP) is 2.81. The Labute approximate surface area is 121 Å². The number of halogens is 1. The van der Waals surface area contributed by atoms with E-state index in [1.807, 2.05) is 11.7 Å². The summed E-state index contributed by atoms with van der Waals surface area (Å²) in [6.07, 6.45) is 2.63. The molecule has 0 aliphatic heterocycles. The summed E-state index contributed by atoms with van der Waals surface area (Å²) in [5.41, 5.74) is 4.77.